The molecule has 0 bridgehead atoms. The molecule has 3 nitrogen and oxygen atoms in total. The van der Waals surface area contributed by atoms with E-state index < -0.39 is 8.07 Å². The van der Waals surface area contributed by atoms with Crippen LogP contribution >= 0.6 is 0 Å². The summed E-state index contributed by atoms with van der Waals surface area (Å²) in [6.45, 7) is 8.75. The number of allylic oxidation sites excluding steroid dienone is 2. The highest BCUT2D eigenvalue weighted by Crippen LogP contribution is 2.44. The summed E-state index contributed by atoms with van der Waals surface area (Å²) < 4.78 is 8.19. The van der Waals surface area contributed by atoms with E-state index in [-0.39, 0.29) is 0 Å². The molecule has 2 aliphatic carbocycles. The molecule has 3 rings (SSSR count). The third-order valence-electron chi connectivity index (χ3n) is 4.41. The zero-order valence-corrected chi connectivity index (χ0v) is 14.7. The van der Waals surface area contributed by atoms with Gasteiger partial charge in [0, 0.05) is 20.6 Å². The Bertz CT molecular complexity index is 523. The van der Waals surface area contributed by atoms with Crippen molar-refractivity contribution in [1.82, 2.24) is 9.55 Å². The Hall–Kier alpha value is -0.873. The number of ether oxygens (including phenoxy) is 1. The van der Waals surface area contributed by atoms with E-state index in [4.69, 9.17) is 9.72 Å². The molecule has 0 saturated heterocycles. The Morgan fingerprint density at radius 3 is 2.76 bits per heavy atom. The van der Waals surface area contributed by atoms with Gasteiger partial charge < -0.3 is 9.30 Å². The summed E-state index contributed by atoms with van der Waals surface area (Å²) >= 11 is 0. The fourth-order valence-corrected chi connectivity index (χ4v) is 3.71. The van der Waals surface area contributed by atoms with E-state index >= 15 is 0 Å². The van der Waals surface area contributed by atoms with Crippen LogP contribution in [0.3, 0.4) is 0 Å². The van der Waals surface area contributed by atoms with Gasteiger partial charge in [-0.3, -0.25) is 0 Å². The summed E-state index contributed by atoms with van der Waals surface area (Å²) in [4.78, 5) is 4.71. The lowest BCUT2D eigenvalue weighted by Gasteiger charge is -2.16. The van der Waals surface area contributed by atoms with E-state index in [1.165, 1.54) is 55.1 Å². The van der Waals surface area contributed by atoms with Gasteiger partial charge in [-0.1, -0.05) is 25.7 Å². The van der Waals surface area contributed by atoms with Gasteiger partial charge in [-0.25, -0.2) is 4.98 Å². The fraction of sp³-hybridized carbons (Fsp3) is 0.706. The SMILES string of the molecule is C[Si](C)(C)CCOCn1cnc(C2=CCCC2)c1C1CC1. The van der Waals surface area contributed by atoms with Crippen LogP contribution in [0.5, 0.6) is 0 Å². The highest BCUT2D eigenvalue weighted by Gasteiger charge is 2.31. The molecule has 0 unspecified atom stereocenters. The Labute approximate surface area is 129 Å². The molecule has 0 aromatic carbocycles. The van der Waals surface area contributed by atoms with E-state index in [0.29, 0.717) is 6.73 Å². The van der Waals surface area contributed by atoms with Gasteiger partial charge in [0.05, 0.1) is 17.7 Å². The van der Waals surface area contributed by atoms with E-state index in [2.05, 4.69) is 30.3 Å². The highest BCUT2D eigenvalue weighted by molar-refractivity contribution is 6.76. The van der Waals surface area contributed by atoms with Crippen LogP contribution in [0.15, 0.2) is 12.4 Å². The van der Waals surface area contributed by atoms with E-state index in [0.717, 1.165) is 12.5 Å². The number of hydrogen-bond acceptors (Lipinski definition) is 2. The largest absolute Gasteiger partial charge is 0.361 e. The fourth-order valence-electron chi connectivity index (χ4n) is 2.95. The summed E-state index contributed by atoms with van der Waals surface area (Å²) in [5.74, 6) is 0.726. The summed E-state index contributed by atoms with van der Waals surface area (Å²) in [5, 5.41) is 0. The molecule has 4 heteroatoms. The van der Waals surface area contributed by atoms with Gasteiger partial charge in [0.25, 0.3) is 0 Å². The summed E-state index contributed by atoms with van der Waals surface area (Å²) in [6, 6.07) is 1.23. The standard InChI is InChI=1S/C17H28N2OSi/c1-21(2,3)11-10-20-13-19-12-18-16(14-6-4-5-7-14)17(19)15-8-9-15/h6,12,15H,4-5,7-11,13H2,1-3H3. The molecule has 1 saturated carbocycles. The molecule has 1 heterocycles. The van der Waals surface area contributed by atoms with Crippen LogP contribution in [0, 0.1) is 0 Å². The molecule has 0 amide bonds. The second-order valence-electron chi connectivity index (χ2n) is 7.69. The van der Waals surface area contributed by atoms with Crippen molar-refractivity contribution in [2.24, 2.45) is 0 Å². The number of nitrogens with zero attached hydrogens (tertiary/aromatic N) is 2. The molecular formula is C17H28N2OSi. The number of aromatic nitrogens is 2. The van der Waals surface area contributed by atoms with Crippen LogP contribution in [-0.4, -0.2) is 24.2 Å². The molecule has 0 radical (unpaired) electrons. The number of hydrogen-bond donors (Lipinski definition) is 0. The zero-order valence-electron chi connectivity index (χ0n) is 13.7. The Balaban J connectivity index is 1.65. The normalized spacial score (nSPS) is 19.1. The van der Waals surface area contributed by atoms with Crippen molar-refractivity contribution in [1.29, 1.82) is 0 Å². The number of rotatable bonds is 7. The highest BCUT2D eigenvalue weighted by atomic mass is 28.3. The zero-order chi connectivity index (χ0) is 14.9. The lowest BCUT2D eigenvalue weighted by molar-refractivity contribution is 0.0853. The Morgan fingerprint density at radius 1 is 1.33 bits per heavy atom. The first-order valence-electron chi connectivity index (χ1n) is 8.37. The maximum absolute atomic E-state index is 5.93. The van der Waals surface area contributed by atoms with Crippen molar-refractivity contribution in [2.75, 3.05) is 6.61 Å². The second kappa shape index (κ2) is 6.09. The van der Waals surface area contributed by atoms with Crippen LogP contribution < -0.4 is 0 Å². The van der Waals surface area contributed by atoms with E-state index in [9.17, 15) is 0 Å². The summed E-state index contributed by atoms with van der Waals surface area (Å²) in [5.41, 5.74) is 4.18. The van der Waals surface area contributed by atoms with Gasteiger partial charge in [0.15, 0.2) is 0 Å². The third kappa shape index (κ3) is 3.86. The van der Waals surface area contributed by atoms with Crippen LogP contribution in [0.4, 0.5) is 0 Å². The quantitative estimate of drug-likeness (QED) is 0.542. The van der Waals surface area contributed by atoms with Crippen molar-refractivity contribution in [3.63, 3.8) is 0 Å². The molecule has 21 heavy (non-hydrogen) atoms. The number of imidazole rings is 1. The Morgan fingerprint density at radius 2 is 2.14 bits per heavy atom. The predicted octanol–water partition coefficient (Wildman–Crippen LogP) is 4.64. The van der Waals surface area contributed by atoms with Crippen LogP contribution in [-0.2, 0) is 11.5 Å². The first-order chi connectivity index (χ1) is 10.0. The average Bonchev–Trinajstić information content (AvgIpc) is 2.96. The van der Waals surface area contributed by atoms with Crippen molar-refractivity contribution in [2.45, 2.75) is 70.4 Å². The molecule has 116 valence electrons. The topological polar surface area (TPSA) is 27.1 Å². The first kappa shape index (κ1) is 15.0. The maximum atomic E-state index is 5.93. The van der Waals surface area contributed by atoms with Gasteiger partial charge in [-0.2, -0.15) is 0 Å². The lowest BCUT2D eigenvalue weighted by Crippen LogP contribution is -2.22. The molecule has 1 aromatic heterocycles. The van der Waals surface area contributed by atoms with E-state index in [1.807, 2.05) is 6.33 Å². The smallest absolute Gasteiger partial charge is 0.124 e. The van der Waals surface area contributed by atoms with Crippen LogP contribution in [0.25, 0.3) is 5.57 Å². The molecule has 2 aliphatic rings. The lowest BCUT2D eigenvalue weighted by atomic mass is 10.1. The molecule has 0 spiro atoms. The van der Waals surface area contributed by atoms with Crippen molar-refractivity contribution < 1.29 is 4.74 Å². The van der Waals surface area contributed by atoms with Gasteiger partial charge in [0.1, 0.15) is 6.73 Å². The monoisotopic (exact) mass is 304 g/mol. The molecule has 0 aliphatic heterocycles. The van der Waals surface area contributed by atoms with Gasteiger partial charge in [-0.15, -0.1) is 0 Å². The molecule has 0 N–H and O–H groups in total. The molecular weight excluding hydrogens is 276 g/mol. The first-order valence-corrected chi connectivity index (χ1v) is 12.1. The van der Waals surface area contributed by atoms with Gasteiger partial charge >= 0.3 is 0 Å². The predicted molar refractivity (Wildman–Crippen MR) is 90.1 cm³/mol. The Kier molecular flexibility index (Phi) is 4.36. The van der Waals surface area contributed by atoms with Crippen molar-refractivity contribution in [3.8, 4) is 0 Å². The molecule has 0 atom stereocenters. The van der Waals surface area contributed by atoms with E-state index in [1.54, 1.807) is 0 Å². The second-order valence-corrected chi connectivity index (χ2v) is 13.3. The molecule has 1 aromatic rings. The van der Waals surface area contributed by atoms with Gasteiger partial charge in [-0.05, 0) is 43.7 Å². The third-order valence-corrected chi connectivity index (χ3v) is 6.12. The minimum absolute atomic E-state index is 0.677. The van der Waals surface area contributed by atoms with Crippen molar-refractivity contribution >= 4 is 13.6 Å². The molecule has 1 fully saturated rings. The van der Waals surface area contributed by atoms with Crippen molar-refractivity contribution in [3.05, 3.63) is 23.8 Å². The average molecular weight is 305 g/mol. The minimum Gasteiger partial charge on any atom is -0.361 e. The van der Waals surface area contributed by atoms with Crippen LogP contribution in [0.2, 0.25) is 25.7 Å². The summed E-state index contributed by atoms with van der Waals surface area (Å²) in [6.07, 6.45) is 10.7. The maximum Gasteiger partial charge on any atom is 0.124 e. The minimum atomic E-state index is -0.993. The van der Waals surface area contributed by atoms with Crippen LogP contribution in [0.1, 0.15) is 49.4 Å². The summed E-state index contributed by atoms with van der Waals surface area (Å²) in [7, 11) is -0.993. The van der Waals surface area contributed by atoms with Gasteiger partial charge in [0.2, 0.25) is 0 Å².